The van der Waals surface area contributed by atoms with E-state index in [1.165, 1.54) is 0 Å². The fourth-order valence-electron chi connectivity index (χ4n) is 5.66. The van der Waals surface area contributed by atoms with E-state index in [0.29, 0.717) is 41.8 Å². The van der Waals surface area contributed by atoms with Gasteiger partial charge in [0.05, 0.1) is 6.10 Å². The third kappa shape index (κ3) is 4.94. The molecule has 4 rings (SSSR count). The molecule has 37 heavy (non-hydrogen) atoms. The van der Waals surface area contributed by atoms with Gasteiger partial charge in [-0.1, -0.05) is 64.5 Å². The SMILES string of the molecule is CCC1(C)Cc2nc(C(C)C)c(C(O)c3ccc(C(F)(F)C(F)(F)F)cc3)c(C3=CCCC3)c2[C@@H](O)C1. The Labute approximate surface area is 214 Å². The Bertz CT molecular complexity index is 1190. The van der Waals surface area contributed by atoms with E-state index in [0.717, 1.165) is 54.6 Å². The van der Waals surface area contributed by atoms with E-state index >= 15 is 0 Å². The van der Waals surface area contributed by atoms with Crippen LogP contribution in [-0.2, 0) is 12.3 Å². The van der Waals surface area contributed by atoms with Crippen molar-refractivity contribution in [3.63, 3.8) is 0 Å². The van der Waals surface area contributed by atoms with Crippen LogP contribution in [0.1, 0.15) is 117 Å². The van der Waals surface area contributed by atoms with Crippen LogP contribution in [0.25, 0.3) is 5.57 Å². The molecule has 1 heterocycles. The molecule has 0 amide bonds. The molecule has 1 aromatic carbocycles. The zero-order valence-electron chi connectivity index (χ0n) is 21.6. The number of nitrogens with zero attached hydrogens (tertiary/aromatic N) is 1. The van der Waals surface area contributed by atoms with Gasteiger partial charge in [0, 0.05) is 28.1 Å². The normalized spacial score (nSPS) is 23.2. The molecule has 2 aromatic rings. The van der Waals surface area contributed by atoms with Gasteiger partial charge < -0.3 is 10.2 Å². The minimum absolute atomic E-state index is 0.100. The third-order valence-electron chi connectivity index (χ3n) is 7.98. The predicted octanol–water partition coefficient (Wildman–Crippen LogP) is 7.90. The van der Waals surface area contributed by atoms with Crippen molar-refractivity contribution in [1.82, 2.24) is 4.98 Å². The molecule has 0 saturated heterocycles. The first-order valence-electron chi connectivity index (χ1n) is 12.9. The maximum absolute atomic E-state index is 13.8. The number of pyridine rings is 1. The second-order valence-electron chi connectivity index (χ2n) is 11.1. The highest BCUT2D eigenvalue weighted by Gasteiger charge is 2.58. The molecule has 2 unspecified atom stereocenters. The molecule has 2 aliphatic rings. The van der Waals surface area contributed by atoms with Crippen molar-refractivity contribution >= 4 is 5.57 Å². The second kappa shape index (κ2) is 9.77. The van der Waals surface area contributed by atoms with Crippen LogP contribution in [0.2, 0.25) is 0 Å². The van der Waals surface area contributed by atoms with Crippen LogP contribution in [0, 0.1) is 5.41 Å². The van der Waals surface area contributed by atoms with Crippen molar-refractivity contribution in [2.24, 2.45) is 5.41 Å². The fraction of sp³-hybridized carbons (Fsp3) is 0.552. The van der Waals surface area contributed by atoms with Gasteiger partial charge in [0.15, 0.2) is 0 Å². The number of hydrogen-bond acceptors (Lipinski definition) is 3. The Hall–Kier alpha value is -2.32. The maximum atomic E-state index is 13.8. The lowest BCUT2D eigenvalue weighted by atomic mass is 9.69. The van der Waals surface area contributed by atoms with Crippen LogP contribution in [0.4, 0.5) is 22.0 Å². The van der Waals surface area contributed by atoms with Crippen LogP contribution in [0.15, 0.2) is 30.3 Å². The van der Waals surface area contributed by atoms with E-state index in [1.54, 1.807) is 0 Å². The van der Waals surface area contributed by atoms with Gasteiger partial charge >= 0.3 is 12.1 Å². The summed E-state index contributed by atoms with van der Waals surface area (Å²) in [5, 5.41) is 22.9. The molecule has 0 saturated carbocycles. The fourth-order valence-corrected chi connectivity index (χ4v) is 5.66. The Kier molecular flexibility index (Phi) is 7.32. The summed E-state index contributed by atoms with van der Waals surface area (Å²) in [4.78, 5) is 4.96. The van der Waals surface area contributed by atoms with Gasteiger partial charge in [0.1, 0.15) is 6.10 Å². The van der Waals surface area contributed by atoms with Gasteiger partial charge in [-0.15, -0.1) is 0 Å². The molecular formula is C29H34F5NO2. The van der Waals surface area contributed by atoms with Crippen LogP contribution < -0.4 is 0 Å². The smallest absolute Gasteiger partial charge is 0.388 e. The summed E-state index contributed by atoms with van der Waals surface area (Å²) in [6.45, 7) is 8.11. The van der Waals surface area contributed by atoms with Gasteiger partial charge in [0.25, 0.3) is 0 Å². The topological polar surface area (TPSA) is 53.4 Å². The first-order chi connectivity index (χ1) is 17.2. The van der Waals surface area contributed by atoms with Gasteiger partial charge in [-0.05, 0) is 60.1 Å². The highest BCUT2D eigenvalue weighted by molar-refractivity contribution is 5.75. The Morgan fingerprint density at radius 3 is 2.27 bits per heavy atom. The summed E-state index contributed by atoms with van der Waals surface area (Å²) in [5.74, 6) is -5.10. The van der Waals surface area contributed by atoms with E-state index in [2.05, 4.69) is 19.9 Å². The highest BCUT2D eigenvalue weighted by atomic mass is 19.4. The molecule has 202 valence electrons. The van der Waals surface area contributed by atoms with Gasteiger partial charge in [0.2, 0.25) is 0 Å². The average molecular weight is 524 g/mol. The van der Waals surface area contributed by atoms with Crippen molar-refractivity contribution in [2.45, 2.75) is 96.4 Å². The number of aromatic nitrogens is 1. The molecule has 2 N–H and O–H groups in total. The molecule has 0 fully saturated rings. The van der Waals surface area contributed by atoms with Gasteiger partial charge in [-0.25, -0.2) is 0 Å². The Morgan fingerprint density at radius 2 is 1.76 bits per heavy atom. The van der Waals surface area contributed by atoms with Crippen LogP contribution in [0.3, 0.4) is 0 Å². The molecule has 8 heteroatoms. The molecule has 2 aliphatic carbocycles. The number of aliphatic hydroxyl groups is 2. The predicted molar refractivity (Wildman–Crippen MR) is 132 cm³/mol. The lowest BCUT2D eigenvalue weighted by Crippen LogP contribution is -2.33. The van der Waals surface area contributed by atoms with E-state index in [9.17, 15) is 32.2 Å². The number of hydrogen-bond donors (Lipinski definition) is 2. The quantitative estimate of drug-likeness (QED) is 0.379. The summed E-state index contributed by atoms with van der Waals surface area (Å²) in [5.41, 5.74) is 3.31. The van der Waals surface area contributed by atoms with E-state index in [-0.39, 0.29) is 16.9 Å². The molecular weight excluding hydrogens is 489 g/mol. The molecule has 3 atom stereocenters. The first-order valence-corrected chi connectivity index (χ1v) is 12.9. The first kappa shape index (κ1) is 27.7. The Balaban J connectivity index is 1.90. The second-order valence-corrected chi connectivity index (χ2v) is 11.1. The van der Waals surface area contributed by atoms with Crippen LogP contribution >= 0.6 is 0 Å². The average Bonchev–Trinajstić information content (AvgIpc) is 3.36. The number of rotatable bonds is 6. The molecule has 0 radical (unpaired) electrons. The summed E-state index contributed by atoms with van der Waals surface area (Å²) in [6.07, 6.45) is -1.03. The van der Waals surface area contributed by atoms with Crippen molar-refractivity contribution in [3.05, 3.63) is 69.5 Å². The van der Waals surface area contributed by atoms with Crippen molar-refractivity contribution in [1.29, 1.82) is 0 Å². The van der Waals surface area contributed by atoms with E-state index in [1.807, 2.05) is 13.8 Å². The minimum Gasteiger partial charge on any atom is -0.388 e. The van der Waals surface area contributed by atoms with Crippen LogP contribution in [-0.4, -0.2) is 21.4 Å². The molecule has 1 aromatic heterocycles. The van der Waals surface area contributed by atoms with E-state index in [4.69, 9.17) is 4.98 Å². The number of fused-ring (bicyclic) bond motifs is 1. The van der Waals surface area contributed by atoms with Crippen molar-refractivity contribution in [3.8, 4) is 0 Å². The highest BCUT2D eigenvalue weighted by Crippen LogP contribution is 2.50. The van der Waals surface area contributed by atoms with E-state index < -0.39 is 29.9 Å². The van der Waals surface area contributed by atoms with Crippen molar-refractivity contribution in [2.75, 3.05) is 0 Å². The molecule has 0 spiro atoms. The monoisotopic (exact) mass is 523 g/mol. The van der Waals surface area contributed by atoms with Crippen LogP contribution in [0.5, 0.6) is 0 Å². The molecule has 3 nitrogen and oxygen atoms in total. The number of benzene rings is 1. The van der Waals surface area contributed by atoms with Gasteiger partial charge in [-0.2, -0.15) is 22.0 Å². The summed E-state index contributed by atoms with van der Waals surface area (Å²) in [7, 11) is 0. The Morgan fingerprint density at radius 1 is 1.11 bits per heavy atom. The lowest BCUT2D eigenvalue weighted by Gasteiger charge is -2.39. The number of halogens is 5. The lowest BCUT2D eigenvalue weighted by molar-refractivity contribution is -0.289. The largest absolute Gasteiger partial charge is 0.458 e. The summed E-state index contributed by atoms with van der Waals surface area (Å²) < 4.78 is 66.2. The maximum Gasteiger partial charge on any atom is 0.458 e. The zero-order chi connectivity index (χ0) is 27.3. The third-order valence-corrected chi connectivity index (χ3v) is 7.98. The zero-order valence-corrected chi connectivity index (χ0v) is 21.6. The standard InChI is InChI=1S/C29H34F5NO2/c1-5-27(4)14-20-23(21(36)15-27)22(17-8-6-7-9-17)24(25(35-20)16(2)3)26(37)18-10-12-19(13-11-18)28(30,31)29(32,33)34/h8,10-13,16,21,26,36-37H,5-7,9,14-15H2,1-4H3/t21-,26?,27?/m0/s1. The minimum atomic E-state index is -5.72. The summed E-state index contributed by atoms with van der Waals surface area (Å²) >= 11 is 0. The number of aliphatic hydroxyl groups excluding tert-OH is 2. The molecule has 0 aliphatic heterocycles. The number of alkyl halides is 5. The number of allylic oxidation sites excluding steroid dienone is 2. The summed E-state index contributed by atoms with van der Waals surface area (Å²) in [6, 6.07) is 3.65. The van der Waals surface area contributed by atoms with Gasteiger partial charge in [-0.3, -0.25) is 4.98 Å². The van der Waals surface area contributed by atoms with Crippen molar-refractivity contribution < 1.29 is 32.2 Å². The molecule has 0 bridgehead atoms.